The van der Waals surface area contributed by atoms with Crippen LogP contribution in [0.1, 0.15) is 22.7 Å². The highest BCUT2D eigenvalue weighted by Crippen LogP contribution is 2.22. The van der Waals surface area contributed by atoms with Gasteiger partial charge in [0, 0.05) is 5.33 Å². The molecule has 134 valence electrons. The number of nitrogens with one attached hydrogen (secondary N) is 1. The summed E-state index contributed by atoms with van der Waals surface area (Å²) in [5, 5.41) is 0.696. The van der Waals surface area contributed by atoms with Crippen molar-refractivity contribution < 1.29 is 8.42 Å². The molecule has 0 radical (unpaired) electrons. The Bertz CT molecular complexity index is 927. The maximum absolute atomic E-state index is 12.9. The molecule has 0 aromatic heterocycles. The van der Waals surface area contributed by atoms with Crippen LogP contribution in [0.3, 0.4) is 0 Å². The van der Waals surface area contributed by atoms with Crippen molar-refractivity contribution in [2.45, 2.75) is 22.7 Å². The molecule has 0 fully saturated rings. The third-order valence-electron chi connectivity index (χ3n) is 4.17. The maximum Gasteiger partial charge on any atom is 0.241 e. The third kappa shape index (κ3) is 4.81. The number of rotatable bonds is 7. The first-order valence-corrected chi connectivity index (χ1v) is 10.9. The third-order valence-corrected chi connectivity index (χ3v) is 6.31. The molecule has 0 aliphatic rings. The first kappa shape index (κ1) is 18.8. The van der Waals surface area contributed by atoms with Crippen molar-refractivity contribution in [2.24, 2.45) is 0 Å². The molecular formula is C21H20BrNO2S. The smallest absolute Gasteiger partial charge is 0.207 e. The van der Waals surface area contributed by atoms with Crippen LogP contribution in [-0.4, -0.2) is 8.42 Å². The largest absolute Gasteiger partial charge is 0.241 e. The highest BCUT2D eigenvalue weighted by atomic mass is 79.9. The second-order valence-corrected chi connectivity index (χ2v) is 8.33. The van der Waals surface area contributed by atoms with Gasteiger partial charge in [0.05, 0.1) is 10.9 Å². The van der Waals surface area contributed by atoms with Crippen molar-refractivity contribution in [1.82, 2.24) is 4.72 Å². The molecule has 0 amide bonds. The summed E-state index contributed by atoms with van der Waals surface area (Å²) in [5.41, 5.74) is 3.06. The minimum atomic E-state index is -3.62. The van der Waals surface area contributed by atoms with Crippen LogP contribution in [0.4, 0.5) is 0 Å². The van der Waals surface area contributed by atoms with E-state index in [1.807, 2.05) is 72.8 Å². The van der Waals surface area contributed by atoms with Gasteiger partial charge in [0.2, 0.25) is 10.0 Å². The van der Waals surface area contributed by atoms with Crippen LogP contribution in [0, 0.1) is 0 Å². The lowest BCUT2D eigenvalue weighted by molar-refractivity contribution is 0.555. The Hall–Kier alpha value is -1.95. The van der Waals surface area contributed by atoms with Crippen LogP contribution in [0.2, 0.25) is 0 Å². The fourth-order valence-corrected chi connectivity index (χ4v) is 4.37. The van der Waals surface area contributed by atoms with Crippen LogP contribution in [0.5, 0.6) is 0 Å². The number of hydrogen-bond donors (Lipinski definition) is 1. The Balaban J connectivity index is 1.88. The highest BCUT2D eigenvalue weighted by Gasteiger charge is 2.21. The van der Waals surface area contributed by atoms with Gasteiger partial charge in [-0.05, 0) is 35.2 Å². The zero-order valence-electron chi connectivity index (χ0n) is 14.2. The zero-order chi connectivity index (χ0) is 18.4. The Morgan fingerprint density at radius 3 is 1.92 bits per heavy atom. The van der Waals surface area contributed by atoms with E-state index in [0.29, 0.717) is 11.8 Å². The van der Waals surface area contributed by atoms with E-state index in [0.717, 1.165) is 16.7 Å². The number of hydrogen-bond acceptors (Lipinski definition) is 2. The molecular weight excluding hydrogens is 410 g/mol. The minimum absolute atomic E-state index is 0.274. The molecule has 1 atom stereocenters. The van der Waals surface area contributed by atoms with E-state index in [-0.39, 0.29) is 10.9 Å². The van der Waals surface area contributed by atoms with E-state index >= 15 is 0 Å². The first-order chi connectivity index (χ1) is 12.6. The van der Waals surface area contributed by atoms with Crippen LogP contribution in [-0.2, 0) is 21.8 Å². The van der Waals surface area contributed by atoms with Gasteiger partial charge < -0.3 is 0 Å². The highest BCUT2D eigenvalue weighted by molar-refractivity contribution is 9.08. The summed E-state index contributed by atoms with van der Waals surface area (Å²) in [6, 6.07) is 26.2. The van der Waals surface area contributed by atoms with Crippen LogP contribution in [0.25, 0.3) is 0 Å². The van der Waals surface area contributed by atoms with E-state index in [1.165, 1.54) is 0 Å². The molecule has 0 saturated carbocycles. The van der Waals surface area contributed by atoms with Gasteiger partial charge in [0.1, 0.15) is 0 Å². The van der Waals surface area contributed by atoms with Crippen molar-refractivity contribution in [2.75, 3.05) is 0 Å². The molecule has 3 aromatic carbocycles. The molecule has 0 bridgehead atoms. The van der Waals surface area contributed by atoms with Crippen LogP contribution >= 0.6 is 15.9 Å². The molecule has 26 heavy (non-hydrogen) atoms. The molecule has 3 rings (SSSR count). The average molecular weight is 430 g/mol. The zero-order valence-corrected chi connectivity index (χ0v) is 16.6. The van der Waals surface area contributed by atoms with Crippen molar-refractivity contribution in [3.63, 3.8) is 0 Å². The monoisotopic (exact) mass is 429 g/mol. The molecule has 0 saturated heterocycles. The van der Waals surface area contributed by atoms with Crippen molar-refractivity contribution >= 4 is 26.0 Å². The van der Waals surface area contributed by atoms with E-state index in [2.05, 4.69) is 20.7 Å². The number of benzene rings is 3. The van der Waals surface area contributed by atoms with Gasteiger partial charge in [-0.25, -0.2) is 13.1 Å². The predicted molar refractivity (Wildman–Crippen MR) is 109 cm³/mol. The topological polar surface area (TPSA) is 46.2 Å². The van der Waals surface area contributed by atoms with Gasteiger partial charge in [-0.15, -0.1) is 0 Å². The SMILES string of the molecule is O=S(=O)(NC(Cc1ccccc1)c1ccccc1)c1ccc(CBr)cc1. The standard InChI is InChI=1S/C21H20BrNO2S/c22-16-18-11-13-20(14-12-18)26(24,25)23-21(19-9-5-2-6-10-19)15-17-7-3-1-4-8-17/h1-14,21,23H,15-16H2. The summed E-state index contributed by atoms with van der Waals surface area (Å²) in [5.74, 6) is 0. The summed E-state index contributed by atoms with van der Waals surface area (Å²) < 4.78 is 28.6. The number of sulfonamides is 1. The van der Waals surface area contributed by atoms with Crippen LogP contribution in [0.15, 0.2) is 89.8 Å². The fraction of sp³-hybridized carbons (Fsp3) is 0.143. The molecule has 5 heteroatoms. The van der Waals surface area contributed by atoms with Gasteiger partial charge in [0.25, 0.3) is 0 Å². The van der Waals surface area contributed by atoms with E-state index in [1.54, 1.807) is 12.1 Å². The molecule has 0 aliphatic heterocycles. The van der Waals surface area contributed by atoms with Crippen LogP contribution < -0.4 is 4.72 Å². The van der Waals surface area contributed by atoms with Crippen molar-refractivity contribution in [3.8, 4) is 0 Å². The van der Waals surface area contributed by atoms with E-state index < -0.39 is 10.0 Å². The molecule has 3 nitrogen and oxygen atoms in total. The quantitative estimate of drug-likeness (QED) is 0.545. The summed E-state index contributed by atoms with van der Waals surface area (Å²) >= 11 is 3.38. The second-order valence-electron chi connectivity index (χ2n) is 6.05. The van der Waals surface area contributed by atoms with Gasteiger partial charge in [-0.1, -0.05) is 88.7 Å². The normalized spacial score (nSPS) is 12.7. The second kappa shape index (κ2) is 8.62. The molecule has 1 N–H and O–H groups in total. The van der Waals surface area contributed by atoms with E-state index in [9.17, 15) is 8.42 Å². The summed E-state index contributed by atoms with van der Waals surface area (Å²) in [4.78, 5) is 0.274. The number of halogens is 1. The van der Waals surface area contributed by atoms with Gasteiger partial charge in [0.15, 0.2) is 0 Å². The molecule has 0 heterocycles. The lowest BCUT2D eigenvalue weighted by Gasteiger charge is -2.20. The maximum atomic E-state index is 12.9. The van der Waals surface area contributed by atoms with Crippen molar-refractivity contribution in [1.29, 1.82) is 0 Å². The number of alkyl halides is 1. The summed E-state index contributed by atoms with van der Waals surface area (Å²) in [7, 11) is -3.62. The fourth-order valence-electron chi connectivity index (χ4n) is 2.78. The molecule has 1 unspecified atom stereocenters. The average Bonchev–Trinajstić information content (AvgIpc) is 2.69. The minimum Gasteiger partial charge on any atom is -0.207 e. The predicted octanol–water partition coefficient (Wildman–Crippen LogP) is 4.84. The summed E-state index contributed by atoms with van der Waals surface area (Å²) in [6.07, 6.45) is 0.587. The summed E-state index contributed by atoms with van der Waals surface area (Å²) in [6.45, 7) is 0. The van der Waals surface area contributed by atoms with Gasteiger partial charge in [-0.3, -0.25) is 0 Å². The first-order valence-electron chi connectivity index (χ1n) is 8.34. The Morgan fingerprint density at radius 1 is 0.769 bits per heavy atom. The molecule has 3 aromatic rings. The Morgan fingerprint density at radius 2 is 1.35 bits per heavy atom. The van der Waals surface area contributed by atoms with E-state index in [4.69, 9.17) is 0 Å². The van der Waals surface area contributed by atoms with Crippen molar-refractivity contribution in [3.05, 3.63) is 102 Å². The molecule has 0 spiro atoms. The Kier molecular flexibility index (Phi) is 6.25. The lowest BCUT2D eigenvalue weighted by atomic mass is 10.00. The molecule has 0 aliphatic carbocycles. The van der Waals surface area contributed by atoms with Gasteiger partial charge >= 0.3 is 0 Å². The lowest BCUT2D eigenvalue weighted by Crippen LogP contribution is -2.30. The Labute approximate surface area is 163 Å². The van der Waals surface area contributed by atoms with Gasteiger partial charge in [-0.2, -0.15) is 0 Å².